The SMILES string of the molecule is CC(C)c1ccc(N[C@@H]2CCCN(c3ccc(CCc4nn[nH]n4)cc3)C2=O)c(C(F)(F)F)c1. The third-order valence-corrected chi connectivity index (χ3v) is 6.06. The van der Waals surface area contributed by atoms with Gasteiger partial charge in [-0.15, -0.1) is 10.2 Å². The van der Waals surface area contributed by atoms with E-state index >= 15 is 0 Å². The number of aromatic amines is 1. The number of tetrazole rings is 1. The van der Waals surface area contributed by atoms with Gasteiger partial charge >= 0.3 is 6.18 Å². The highest BCUT2D eigenvalue weighted by atomic mass is 19.4. The van der Waals surface area contributed by atoms with Gasteiger partial charge in [0.2, 0.25) is 5.91 Å². The molecule has 2 heterocycles. The van der Waals surface area contributed by atoms with Crippen LogP contribution in [0.15, 0.2) is 42.5 Å². The monoisotopic (exact) mass is 472 g/mol. The van der Waals surface area contributed by atoms with E-state index in [1.54, 1.807) is 11.0 Å². The summed E-state index contributed by atoms with van der Waals surface area (Å²) in [5.74, 6) is 0.368. The topological polar surface area (TPSA) is 86.8 Å². The quantitative estimate of drug-likeness (QED) is 0.519. The summed E-state index contributed by atoms with van der Waals surface area (Å²) in [6.45, 7) is 4.22. The van der Waals surface area contributed by atoms with Crippen molar-refractivity contribution in [1.29, 1.82) is 0 Å². The van der Waals surface area contributed by atoms with Gasteiger partial charge in [0.15, 0.2) is 5.82 Å². The number of hydrogen-bond acceptors (Lipinski definition) is 5. The van der Waals surface area contributed by atoms with Crippen molar-refractivity contribution < 1.29 is 18.0 Å². The van der Waals surface area contributed by atoms with E-state index in [2.05, 4.69) is 25.9 Å². The molecular weight excluding hydrogens is 445 g/mol. The van der Waals surface area contributed by atoms with Gasteiger partial charge in [-0.05, 0) is 60.6 Å². The summed E-state index contributed by atoms with van der Waals surface area (Å²) < 4.78 is 41.2. The summed E-state index contributed by atoms with van der Waals surface area (Å²) in [4.78, 5) is 14.8. The average molecular weight is 473 g/mol. The maximum atomic E-state index is 13.7. The molecule has 2 aromatic carbocycles. The molecule has 7 nitrogen and oxygen atoms in total. The molecule has 10 heteroatoms. The summed E-state index contributed by atoms with van der Waals surface area (Å²) in [6, 6.07) is 11.2. The minimum atomic E-state index is -4.51. The second-order valence-corrected chi connectivity index (χ2v) is 8.78. The highest BCUT2D eigenvalue weighted by molar-refractivity contribution is 5.99. The van der Waals surface area contributed by atoms with Crippen LogP contribution in [0.4, 0.5) is 24.5 Å². The first kappa shape index (κ1) is 23.7. The van der Waals surface area contributed by atoms with Crippen LogP contribution in [0.5, 0.6) is 0 Å². The second-order valence-electron chi connectivity index (χ2n) is 8.78. The van der Waals surface area contributed by atoms with Gasteiger partial charge in [0.05, 0.1) is 5.56 Å². The van der Waals surface area contributed by atoms with E-state index in [-0.39, 0.29) is 17.5 Å². The highest BCUT2D eigenvalue weighted by Gasteiger charge is 2.36. The molecule has 0 aliphatic carbocycles. The van der Waals surface area contributed by atoms with Gasteiger partial charge in [0, 0.05) is 24.3 Å². The van der Waals surface area contributed by atoms with E-state index in [1.165, 1.54) is 12.1 Å². The van der Waals surface area contributed by atoms with Gasteiger partial charge in [0.25, 0.3) is 0 Å². The molecule has 2 N–H and O–H groups in total. The van der Waals surface area contributed by atoms with Crippen LogP contribution in [0.25, 0.3) is 0 Å². The van der Waals surface area contributed by atoms with Gasteiger partial charge in [0.1, 0.15) is 6.04 Å². The normalized spacial score (nSPS) is 16.8. The van der Waals surface area contributed by atoms with Crippen LogP contribution in [0.2, 0.25) is 0 Å². The number of benzene rings is 2. The van der Waals surface area contributed by atoms with E-state index in [0.29, 0.717) is 37.2 Å². The molecule has 34 heavy (non-hydrogen) atoms. The van der Waals surface area contributed by atoms with Crippen LogP contribution >= 0.6 is 0 Å². The lowest BCUT2D eigenvalue weighted by Crippen LogP contribution is -2.48. The fourth-order valence-electron chi connectivity index (χ4n) is 4.12. The second kappa shape index (κ2) is 9.82. The molecule has 1 saturated heterocycles. The number of halogens is 3. The van der Waals surface area contributed by atoms with E-state index in [0.717, 1.165) is 17.7 Å². The zero-order valence-corrected chi connectivity index (χ0v) is 19.1. The molecule has 0 bridgehead atoms. The Morgan fingerprint density at radius 1 is 1.15 bits per heavy atom. The Morgan fingerprint density at radius 2 is 1.91 bits per heavy atom. The van der Waals surface area contributed by atoms with E-state index in [9.17, 15) is 18.0 Å². The van der Waals surface area contributed by atoms with E-state index < -0.39 is 17.8 Å². The number of H-pyrrole nitrogens is 1. The smallest absolute Gasteiger partial charge is 0.373 e. The minimum absolute atomic E-state index is 0.0304. The number of aromatic nitrogens is 4. The predicted octanol–water partition coefficient (Wildman–Crippen LogP) is 4.73. The van der Waals surface area contributed by atoms with Gasteiger partial charge < -0.3 is 10.2 Å². The Morgan fingerprint density at radius 3 is 2.56 bits per heavy atom. The van der Waals surface area contributed by atoms with Crippen molar-refractivity contribution in [2.24, 2.45) is 0 Å². The molecule has 1 aromatic heterocycles. The van der Waals surface area contributed by atoms with Crippen LogP contribution in [0, 0.1) is 0 Å². The van der Waals surface area contributed by atoms with Gasteiger partial charge in [-0.2, -0.15) is 18.4 Å². The fraction of sp³-hybridized carbons (Fsp3) is 0.417. The first-order chi connectivity index (χ1) is 16.2. The molecule has 180 valence electrons. The average Bonchev–Trinajstić information content (AvgIpc) is 3.33. The number of rotatable bonds is 7. The number of carbonyl (C=O) groups is 1. The van der Waals surface area contributed by atoms with Gasteiger partial charge in [-0.25, -0.2) is 0 Å². The summed E-state index contributed by atoms with van der Waals surface area (Å²) in [7, 11) is 0. The summed E-state index contributed by atoms with van der Waals surface area (Å²) >= 11 is 0. The summed E-state index contributed by atoms with van der Waals surface area (Å²) in [5.41, 5.74) is 1.59. The molecule has 1 amide bonds. The lowest BCUT2D eigenvalue weighted by Gasteiger charge is -2.34. The third kappa shape index (κ3) is 5.37. The number of nitrogens with one attached hydrogen (secondary N) is 2. The standard InChI is InChI=1S/C24H27F3N6O/c1-15(2)17-8-11-20(19(14-17)24(25,26)27)28-21-4-3-13-33(23(21)34)18-9-5-16(6-10-18)7-12-22-29-31-32-30-22/h5-6,8-11,14-15,21,28H,3-4,7,12-13H2,1-2H3,(H,29,30,31,32)/t21-/m1/s1. The fourth-order valence-corrected chi connectivity index (χ4v) is 4.12. The van der Waals surface area contributed by atoms with Crippen molar-refractivity contribution in [3.8, 4) is 0 Å². The summed E-state index contributed by atoms with van der Waals surface area (Å²) in [6.07, 6.45) is -1.98. The van der Waals surface area contributed by atoms with Crippen LogP contribution in [-0.2, 0) is 23.8 Å². The van der Waals surface area contributed by atoms with Crippen molar-refractivity contribution in [3.05, 3.63) is 65.0 Å². The van der Waals surface area contributed by atoms with E-state index in [4.69, 9.17) is 0 Å². The molecule has 1 fully saturated rings. The Kier molecular flexibility index (Phi) is 6.85. The molecule has 0 spiro atoms. The van der Waals surface area contributed by atoms with Gasteiger partial charge in [-0.1, -0.05) is 37.3 Å². The van der Waals surface area contributed by atoms with Crippen LogP contribution in [-0.4, -0.2) is 39.1 Å². The Bertz CT molecular complexity index is 1110. The molecule has 0 saturated carbocycles. The number of nitrogens with zero attached hydrogens (tertiary/aromatic N) is 4. The van der Waals surface area contributed by atoms with Crippen LogP contribution in [0.1, 0.15) is 55.1 Å². The molecule has 3 aromatic rings. The Labute approximate surface area is 195 Å². The number of carbonyl (C=O) groups excluding carboxylic acids is 1. The molecule has 4 rings (SSSR count). The maximum Gasteiger partial charge on any atom is 0.418 e. The number of piperidine rings is 1. The first-order valence-corrected chi connectivity index (χ1v) is 11.3. The zero-order chi connectivity index (χ0) is 24.3. The lowest BCUT2D eigenvalue weighted by molar-refractivity contribution is -0.137. The predicted molar refractivity (Wildman–Crippen MR) is 123 cm³/mol. The van der Waals surface area contributed by atoms with Crippen LogP contribution in [0.3, 0.4) is 0 Å². The Hall–Kier alpha value is -3.43. The zero-order valence-electron chi connectivity index (χ0n) is 19.1. The maximum absolute atomic E-state index is 13.7. The van der Waals surface area contributed by atoms with Crippen molar-refractivity contribution in [2.75, 3.05) is 16.8 Å². The van der Waals surface area contributed by atoms with Crippen LogP contribution < -0.4 is 10.2 Å². The highest BCUT2D eigenvalue weighted by Crippen LogP contribution is 2.37. The van der Waals surface area contributed by atoms with Gasteiger partial charge in [-0.3, -0.25) is 4.79 Å². The number of amides is 1. The molecular formula is C24H27F3N6O. The summed E-state index contributed by atoms with van der Waals surface area (Å²) in [5, 5.41) is 16.7. The van der Waals surface area contributed by atoms with Crippen molar-refractivity contribution in [3.63, 3.8) is 0 Å². The number of anilines is 2. The van der Waals surface area contributed by atoms with E-state index in [1.807, 2.05) is 38.1 Å². The molecule has 1 aliphatic rings. The third-order valence-electron chi connectivity index (χ3n) is 6.06. The molecule has 1 aliphatic heterocycles. The van der Waals surface area contributed by atoms with Crippen molar-refractivity contribution in [1.82, 2.24) is 20.6 Å². The minimum Gasteiger partial charge on any atom is -0.373 e. The number of alkyl halides is 3. The largest absolute Gasteiger partial charge is 0.418 e. The van der Waals surface area contributed by atoms with Crippen molar-refractivity contribution in [2.45, 2.75) is 57.7 Å². The molecule has 0 radical (unpaired) electrons. The number of aryl methyl sites for hydroxylation is 2. The lowest BCUT2D eigenvalue weighted by atomic mass is 9.98. The molecule has 0 unspecified atom stereocenters. The Balaban J connectivity index is 1.47. The van der Waals surface area contributed by atoms with Crippen molar-refractivity contribution >= 4 is 17.3 Å². The first-order valence-electron chi connectivity index (χ1n) is 11.3. The number of hydrogen-bond donors (Lipinski definition) is 2. The molecule has 1 atom stereocenters.